The van der Waals surface area contributed by atoms with Crippen molar-refractivity contribution in [2.45, 2.75) is 4.90 Å². The monoisotopic (exact) mass is 436 g/mol. The third-order valence-electron chi connectivity index (χ3n) is 5.03. The maximum atomic E-state index is 13.4. The second-order valence-corrected chi connectivity index (χ2v) is 8.79. The first-order valence-electron chi connectivity index (χ1n) is 9.43. The van der Waals surface area contributed by atoms with Gasteiger partial charge in [-0.1, -0.05) is 6.07 Å². The van der Waals surface area contributed by atoms with Gasteiger partial charge in [-0.15, -0.1) is 0 Å². The van der Waals surface area contributed by atoms with Gasteiger partial charge in [0.25, 0.3) is 5.91 Å². The highest BCUT2D eigenvalue weighted by Crippen LogP contribution is 2.40. The van der Waals surface area contributed by atoms with E-state index >= 15 is 0 Å². The number of fused-ring (bicyclic) bond motifs is 1. The Morgan fingerprint density at radius 3 is 2.50 bits per heavy atom. The second kappa shape index (κ2) is 8.11. The van der Waals surface area contributed by atoms with E-state index in [2.05, 4.69) is 0 Å². The van der Waals surface area contributed by atoms with Crippen molar-refractivity contribution in [3.05, 3.63) is 47.8 Å². The van der Waals surface area contributed by atoms with Gasteiger partial charge in [-0.3, -0.25) is 4.79 Å². The molecule has 0 aromatic heterocycles. The van der Waals surface area contributed by atoms with Crippen molar-refractivity contribution in [1.82, 2.24) is 9.21 Å². The van der Waals surface area contributed by atoms with Crippen molar-refractivity contribution in [1.29, 1.82) is 0 Å². The Bertz CT molecular complexity index is 1050. The summed E-state index contributed by atoms with van der Waals surface area (Å²) in [6.07, 6.45) is 0. The molecule has 0 unspecified atom stereocenters. The summed E-state index contributed by atoms with van der Waals surface area (Å²) >= 11 is 0. The number of nitrogens with zero attached hydrogens (tertiary/aromatic N) is 2. The van der Waals surface area contributed by atoms with E-state index in [9.17, 15) is 17.6 Å². The van der Waals surface area contributed by atoms with Crippen molar-refractivity contribution < 1.29 is 31.8 Å². The Morgan fingerprint density at radius 2 is 1.80 bits per heavy atom. The topological polar surface area (TPSA) is 85.4 Å². The van der Waals surface area contributed by atoms with Gasteiger partial charge in [0.05, 0.1) is 12.0 Å². The molecule has 2 heterocycles. The van der Waals surface area contributed by atoms with Crippen molar-refractivity contribution in [2.24, 2.45) is 0 Å². The summed E-state index contributed by atoms with van der Waals surface area (Å²) in [7, 11) is -2.34. The SMILES string of the molecule is COc1cc(C(=O)N2CCN(S(=O)(=O)c3cccc(F)c3)CC2)cc2c1OCCO2. The zero-order chi connectivity index (χ0) is 21.3. The van der Waals surface area contributed by atoms with E-state index in [-0.39, 0.29) is 37.0 Å². The van der Waals surface area contributed by atoms with Crippen LogP contribution < -0.4 is 14.2 Å². The molecule has 0 aliphatic carbocycles. The van der Waals surface area contributed by atoms with Crippen LogP contribution in [0, 0.1) is 5.82 Å². The zero-order valence-electron chi connectivity index (χ0n) is 16.3. The molecule has 2 aromatic carbocycles. The van der Waals surface area contributed by atoms with Crippen molar-refractivity contribution in [3.63, 3.8) is 0 Å². The smallest absolute Gasteiger partial charge is 0.254 e. The van der Waals surface area contributed by atoms with E-state index in [4.69, 9.17) is 14.2 Å². The number of rotatable bonds is 4. The number of carbonyl (C=O) groups excluding carboxylic acids is 1. The molecule has 1 amide bonds. The summed E-state index contributed by atoms with van der Waals surface area (Å²) in [6, 6.07) is 8.10. The van der Waals surface area contributed by atoms with Gasteiger partial charge < -0.3 is 19.1 Å². The van der Waals surface area contributed by atoms with Crippen LogP contribution >= 0.6 is 0 Å². The van der Waals surface area contributed by atoms with Crippen LogP contribution in [0.15, 0.2) is 41.3 Å². The van der Waals surface area contributed by atoms with Crippen molar-refractivity contribution in [2.75, 3.05) is 46.5 Å². The minimum Gasteiger partial charge on any atom is -0.493 e. The number of benzene rings is 2. The maximum absolute atomic E-state index is 13.4. The number of methoxy groups -OCH3 is 1. The Hall–Kier alpha value is -2.85. The van der Waals surface area contributed by atoms with E-state index in [1.165, 1.54) is 29.6 Å². The molecule has 30 heavy (non-hydrogen) atoms. The number of hydrogen-bond acceptors (Lipinski definition) is 6. The highest BCUT2D eigenvalue weighted by atomic mass is 32.2. The number of ether oxygens (including phenoxy) is 3. The minimum absolute atomic E-state index is 0.0983. The molecule has 4 rings (SSSR count). The quantitative estimate of drug-likeness (QED) is 0.726. The van der Waals surface area contributed by atoms with Gasteiger partial charge in [0.2, 0.25) is 15.8 Å². The molecule has 1 fully saturated rings. The van der Waals surface area contributed by atoms with Gasteiger partial charge in [0.1, 0.15) is 19.0 Å². The first-order valence-corrected chi connectivity index (χ1v) is 10.9. The average molecular weight is 436 g/mol. The molecule has 0 bridgehead atoms. The Balaban J connectivity index is 1.49. The first kappa shape index (κ1) is 20.4. The second-order valence-electron chi connectivity index (χ2n) is 6.86. The number of hydrogen-bond donors (Lipinski definition) is 0. The lowest BCUT2D eigenvalue weighted by Crippen LogP contribution is -2.50. The summed E-state index contributed by atoms with van der Waals surface area (Å²) < 4.78 is 56.6. The Morgan fingerprint density at radius 1 is 1.07 bits per heavy atom. The molecule has 1 saturated heterocycles. The van der Waals surface area contributed by atoms with Crippen LogP contribution in [0.25, 0.3) is 0 Å². The first-order chi connectivity index (χ1) is 14.4. The fourth-order valence-corrected chi connectivity index (χ4v) is 4.94. The van der Waals surface area contributed by atoms with Crippen LogP contribution in [0.2, 0.25) is 0 Å². The normalized spacial score (nSPS) is 16.9. The number of carbonyl (C=O) groups is 1. The number of amides is 1. The zero-order valence-corrected chi connectivity index (χ0v) is 17.2. The Labute approximate surface area is 173 Å². The summed E-state index contributed by atoms with van der Waals surface area (Å²) in [5, 5.41) is 0. The fraction of sp³-hybridized carbons (Fsp3) is 0.350. The van der Waals surface area contributed by atoms with Gasteiger partial charge in [0.15, 0.2) is 11.5 Å². The summed E-state index contributed by atoms with van der Waals surface area (Å²) in [4.78, 5) is 14.5. The van der Waals surface area contributed by atoms with Crippen molar-refractivity contribution in [3.8, 4) is 17.2 Å². The molecule has 0 radical (unpaired) electrons. The molecular formula is C20H21FN2O6S. The standard InChI is InChI=1S/C20H21FN2O6S/c1-27-17-11-14(12-18-19(17)29-10-9-28-18)20(24)22-5-7-23(8-6-22)30(25,26)16-4-2-3-15(21)13-16/h2-4,11-13H,5-10H2,1H3. The molecule has 0 N–H and O–H groups in total. The average Bonchev–Trinajstić information content (AvgIpc) is 2.78. The third-order valence-corrected chi connectivity index (χ3v) is 6.93. The molecule has 0 saturated carbocycles. The molecule has 2 aliphatic heterocycles. The van der Waals surface area contributed by atoms with Crippen LogP contribution in [0.1, 0.15) is 10.4 Å². The lowest BCUT2D eigenvalue weighted by atomic mass is 10.1. The molecule has 10 heteroatoms. The summed E-state index contributed by atoms with van der Waals surface area (Å²) in [6.45, 7) is 1.44. The minimum atomic E-state index is -3.82. The predicted octanol–water partition coefficient (Wildman–Crippen LogP) is 1.75. The van der Waals surface area contributed by atoms with Crippen molar-refractivity contribution >= 4 is 15.9 Å². The molecule has 0 spiro atoms. The molecule has 2 aliphatic rings. The lowest BCUT2D eigenvalue weighted by molar-refractivity contribution is 0.0696. The van der Waals surface area contributed by atoms with Gasteiger partial charge in [-0.2, -0.15) is 4.31 Å². The number of piperazine rings is 1. The molecule has 8 nitrogen and oxygen atoms in total. The van der Waals surface area contributed by atoms with Crippen LogP contribution in [-0.2, 0) is 10.0 Å². The third kappa shape index (κ3) is 3.80. The van der Waals surface area contributed by atoms with Gasteiger partial charge in [-0.25, -0.2) is 12.8 Å². The van der Waals surface area contributed by atoms with E-state index in [0.717, 1.165) is 6.07 Å². The largest absolute Gasteiger partial charge is 0.493 e. The van der Waals surface area contributed by atoms with Crippen LogP contribution in [0.4, 0.5) is 4.39 Å². The van der Waals surface area contributed by atoms with E-state index in [0.29, 0.717) is 36.0 Å². The van der Waals surface area contributed by atoms with Crippen LogP contribution in [0.3, 0.4) is 0 Å². The maximum Gasteiger partial charge on any atom is 0.254 e. The molecule has 2 aromatic rings. The lowest BCUT2D eigenvalue weighted by Gasteiger charge is -2.34. The highest BCUT2D eigenvalue weighted by Gasteiger charge is 2.31. The van der Waals surface area contributed by atoms with Gasteiger partial charge in [0, 0.05) is 31.7 Å². The molecule has 160 valence electrons. The van der Waals surface area contributed by atoms with E-state index in [1.807, 2.05) is 0 Å². The molecular weight excluding hydrogens is 415 g/mol. The van der Waals surface area contributed by atoms with E-state index < -0.39 is 15.8 Å². The summed E-state index contributed by atoms with van der Waals surface area (Å²) in [5.74, 6) is 0.441. The highest BCUT2D eigenvalue weighted by molar-refractivity contribution is 7.89. The predicted molar refractivity (Wildman–Crippen MR) is 105 cm³/mol. The molecule has 0 atom stereocenters. The summed E-state index contributed by atoms with van der Waals surface area (Å²) in [5.41, 5.74) is 0.373. The van der Waals surface area contributed by atoms with Crippen LogP contribution in [0.5, 0.6) is 17.2 Å². The van der Waals surface area contributed by atoms with E-state index in [1.54, 1.807) is 17.0 Å². The fourth-order valence-electron chi connectivity index (χ4n) is 3.49. The van der Waals surface area contributed by atoms with Crippen LogP contribution in [-0.4, -0.2) is 70.0 Å². The van der Waals surface area contributed by atoms with Gasteiger partial charge >= 0.3 is 0 Å². The van der Waals surface area contributed by atoms with Gasteiger partial charge in [-0.05, 0) is 30.3 Å². The number of sulfonamides is 1. The number of halogens is 1. The Kier molecular flexibility index (Phi) is 5.52.